The van der Waals surface area contributed by atoms with Crippen molar-refractivity contribution in [2.75, 3.05) is 74.7 Å². The summed E-state index contributed by atoms with van der Waals surface area (Å²) in [6.07, 6.45) is 0. The molecule has 2 saturated heterocycles. The molecule has 2 amide bonds. The van der Waals surface area contributed by atoms with Crippen molar-refractivity contribution in [3.63, 3.8) is 0 Å². The normalized spacial score (nSPS) is 17.1. The third kappa shape index (κ3) is 4.56. The predicted molar refractivity (Wildman–Crippen MR) is 116 cm³/mol. The van der Waals surface area contributed by atoms with Crippen LogP contribution in [0, 0.1) is 6.92 Å². The second-order valence-corrected chi connectivity index (χ2v) is 7.37. The molecule has 1 aromatic carbocycles. The number of aromatic nitrogens is 2. The molecule has 2 fully saturated rings. The number of aryl methyl sites for hydroxylation is 1. The summed E-state index contributed by atoms with van der Waals surface area (Å²) in [5.74, 6) is 2.31. The molecule has 0 saturated carbocycles. The Kier molecular flexibility index (Phi) is 6.18. The predicted octanol–water partition coefficient (Wildman–Crippen LogP) is 1.98. The van der Waals surface area contributed by atoms with Gasteiger partial charge in [-0.1, -0.05) is 12.1 Å². The van der Waals surface area contributed by atoms with E-state index in [0.717, 1.165) is 43.8 Å². The fraction of sp³-hybridized carbons (Fsp3) is 0.476. The van der Waals surface area contributed by atoms with Gasteiger partial charge in [-0.15, -0.1) is 0 Å². The third-order valence-corrected chi connectivity index (χ3v) is 5.36. The van der Waals surface area contributed by atoms with Crippen LogP contribution in [0.1, 0.15) is 5.69 Å². The minimum absolute atomic E-state index is 0.127. The van der Waals surface area contributed by atoms with E-state index in [1.807, 2.05) is 42.2 Å². The second kappa shape index (κ2) is 9.17. The van der Waals surface area contributed by atoms with Gasteiger partial charge in [0, 0.05) is 51.0 Å². The van der Waals surface area contributed by atoms with Gasteiger partial charge in [-0.25, -0.2) is 9.78 Å². The van der Waals surface area contributed by atoms with Gasteiger partial charge in [-0.05, 0) is 19.1 Å². The van der Waals surface area contributed by atoms with E-state index in [0.29, 0.717) is 37.6 Å². The van der Waals surface area contributed by atoms with Crippen molar-refractivity contribution in [2.24, 2.45) is 0 Å². The summed E-state index contributed by atoms with van der Waals surface area (Å²) in [5, 5.41) is 2.94. The van der Waals surface area contributed by atoms with Crippen molar-refractivity contribution in [3.8, 4) is 5.75 Å². The lowest BCUT2D eigenvalue weighted by atomic mass is 10.3. The smallest absolute Gasteiger partial charge is 0.322 e. The first-order chi connectivity index (χ1) is 14.6. The molecule has 9 nitrogen and oxygen atoms in total. The number of amides is 2. The van der Waals surface area contributed by atoms with Crippen LogP contribution < -0.4 is 19.9 Å². The van der Waals surface area contributed by atoms with Crippen LogP contribution >= 0.6 is 0 Å². The number of anilines is 3. The van der Waals surface area contributed by atoms with Crippen LogP contribution in [-0.4, -0.2) is 80.5 Å². The number of piperazine rings is 1. The molecular formula is C21H28N6O3. The summed E-state index contributed by atoms with van der Waals surface area (Å²) < 4.78 is 10.8. The van der Waals surface area contributed by atoms with Crippen molar-refractivity contribution in [1.29, 1.82) is 0 Å². The summed E-state index contributed by atoms with van der Waals surface area (Å²) >= 11 is 0. The molecule has 0 unspecified atom stereocenters. The molecule has 2 aliphatic rings. The monoisotopic (exact) mass is 412 g/mol. The Morgan fingerprint density at radius 1 is 1.03 bits per heavy atom. The molecule has 9 heteroatoms. The van der Waals surface area contributed by atoms with Crippen LogP contribution in [0.2, 0.25) is 0 Å². The molecule has 0 spiro atoms. The van der Waals surface area contributed by atoms with Gasteiger partial charge in [-0.3, -0.25) is 0 Å². The lowest BCUT2D eigenvalue weighted by Crippen LogP contribution is -2.50. The molecule has 30 heavy (non-hydrogen) atoms. The fourth-order valence-corrected chi connectivity index (χ4v) is 3.68. The molecule has 0 bridgehead atoms. The number of urea groups is 1. The van der Waals surface area contributed by atoms with E-state index in [9.17, 15) is 4.79 Å². The standard InChI is InChI=1S/C21H28N6O3/c1-16-15-19(25-11-13-30-14-12-25)24-20(22-16)26-7-9-27(10-8-26)21(28)23-17-5-3-4-6-18(17)29-2/h3-6,15H,7-14H2,1-2H3,(H,23,28). The average Bonchev–Trinajstić information content (AvgIpc) is 2.79. The summed E-state index contributed by atoms with van der Waals surface area (Å²) in [5.41, 5.74) is 1.61. The topological polar surface area (TPSA) is 83.1 Å². The molecule has 4 rings (SSSR count). The number of carbonyl (C=O) groups excluding carboxylic acids is 1. The van der Waals surface area contributed by atoms with Crippen LogP contribution in [-0.2, 0) is 4.74 Å². The van der Waals surface area contributed by atoms with Gasteiger partial charge in [-0.2, -0.15) is 4.98 Å². The van der Waals surface area contributed by atoms with E-state index in [2.05, 4.69) is 20.1 Å². The number of methoxy groups -OCH3 is 1. The van der Waals surface area contributed by atoms with Crippen LogP contribution in [0.4, 0.5) is 22.2 Å². The van der Waals surface area contributed by atoms with Crippen LogP contribution in [0.25, 0.3) is 0 Å². The summed E-state index contributed by atoms with van der Waals surface area (Å²) in [6.45, 7) is 7.69. The highest BCUT2D eigenvalue weighted by Gasteiger charge is 2.24. The van der Waals surface area contributed by atoms with Crippen molar-refractivity contribution < 1.29 is 14.3 Å². The third-order valence-electron chi connectivity index (χ3n) is 5.36. The number of nitrogens with zero attached hydrogens (tertiary/aromatic N) is 5. The van der Waals surface area contributed by atoms with Crippen molar-refractivity contribution in [1.82, 2.24) is 14.9 Å². The van der Waals surface area contributed by atoms with Crippen LogP contribution in [0.5, 0.6) is 5.75 Å². The van der Waals surface area contributed by atoms with Gasteiger partial charge in [0.2, 0.25) is 5.95 Å². The Hall–Kier alpha value is -3.07. The fourth-order valence-electron chi connectivity index (χ4n) is 3.68. The zero-order chi connectivity index (χ0) is 20.9. The zero-order valence-electron chi connectivity index (χ0n) is 17.5. The van der Waals surface area contributed by atoms with E-state index >= 15 is 0 Å². The van der Waals surface area contributed by atoms with Gasteiger partial charge in [0.05, 0.1) is 26.0 Å². The Balaban J connectivity index is 1.38. The molecule has 0 aliphatic carbocycles. The highest BCUT2D eigenvalue weighted by Crippen LogP contribution is 2.24. The van der Waals surface area contributed by atoms with Crippen LogP contribution in [0.3, 0.4) is 0 Å². The van der Waals surface area contributed by atoms with Crippen LogP contribution in [0.15, 0.2) is 30.3 Å². The number of nitrogens with one attached hydrogen (secondary N) is 1. The zero-order valence-corrected chi connectivity index (χ0v) is 17.5. The Labute approximate surface area is 176 Å². The quantitative estimate of drug-likeness (QED) is 0.822. The van der Waals surface area contributed by atoms with Gasteiger partial charge in [0.1, 0.15) is 11.6 Å². The minimum atomic E-state index is -0.127. The number of carbonyl (C=O) groups is 1. The summed E-state index contributed by atoms with van der Waals surface area (Å²) in [6, 6.07) is 9.30. The van der Waals surface area contributed by atoms with Crippen molar-refractivity contribution >= 4 is 23.5 Å². The molecule has 0 radical (unpaired) electrons. The van der Waals surface area contributed by atoms with Gasteiger partial charge >= 0.3 is 6.03 Å². The lowest BCUT2D eigenvalue weighted by Gasteiger charge is -2.35. The SMILES string of the molecule is COc1ccccc1NC(=O)N1CCN(c2nc(C)cc(N3CCOCC3)n2)CC1. The highest BCUT2D eigenvalue weighted by atomic mass is 16.5. The molecule has 3 heterocycles. The summed E-state index contributed by atoms with van der Waals surface area (Å²) in [4.78, 5) is 28.3. The molecule has 2 aliphatic heterocycles. The lowest BCUT2D eigenvalue weighted by molar-refractivity contribution is 0.122. The highest BCUT2D eigenvalue weighted by molar-refractivity contribution is 5.91. The molecule has 0 atom stereocenters. The van der Waals surface area contributed by atoms with E-state index < -0.39 is 0 Å². The maximum atomic E-state index is 12.7. The first kappa shape index (κ1) is 20.2. The van der Waals surface area contributed by atoms with Gasteiger partial charge in [0.25, 0.3) is 0 Å². The minimum Gasteiger partial charge on any atom is -0.495 e. The Bertz CT molecular complexity index is 879. The number of hydrogen-bond donors (Lipinski definition) is 1. The largest absolute Gasteiger partial charge is 0.495 e. The maximum absolute atomic E-state index is 12.7. The Morgan fingerprint density at radius 2 is 1.77 bits per heavy atom. The first-order valence-electron chi connectivity index (χ1n) is 10.3. The van der Waals surface area contributed by atoms with E-state index in [1.54, 1.807) is 7.11 Å². The van der Waals surface area contributed by atoms with Gasteiger partial charge < -0.3 is 29.5 Å². The number of rotatable bonds is 4. The van der Waals surface area contributed by atoms with E-state index in [-0.39, 0.29) is 6.03 Å². The first-order valence-corrected chi connectivity index (χ1v) is 10.3. The van der Waals surface area contributed by atoms with E-state index in [1.165, 1.54) is 0 Å². The molecule has 160 valence electrons. The number of hydrogen-bond acceptors (Lipinski definition) is 7. The molecule has 2 aromatic rings. The maximum Gasteiger partial charge on any atom is 0.322 e. The van der Waals surface area contributed by atoms with Crippen molar-refractivity contribution in [2.45, 2.75) is 6.92 Å². The van der Waals surface area contributed by atoms with Crippen molar-refractivity contribution in [3.05, 3.63) is 36.0 Å². The Morgan fingerprint density at radius 3 is 2.50 bits per heavy atom. The number of ether oxygens (including phenoxy) is 2. The molecule has 1 aromatic heterocycles. The number of benzene rings is 1. The summed E-state index contributed by atoms with van der Waals surface area (Å²) in [7, 11) is 1.59. The number of para-hydroxylation sites is 2. The number of morpholine rings is 1. The molecule has 1 N–H and O–H groups in total. The van der Waals surface area contributed by atoms with Gasteiger partial charge in [0.15, 0.2) is 0 Å². The molecular weight excluding hydrogens is 384 g/mol. The van der Waals surface area contributed by atoms with E-state index in [4.69, 9.17) is 14.5 Å². The average molecular weight is 412 g/mol. The second-order valence-electron chi connectivity index (χ2n) is 7.37.